The molecule has 0 spiro atoms. The van der Waals surface area contributed by atoms with Crippen LogP contribution in [0.2, 0.25) is 5.02 Å². The van der Waals surface area contributed by atoms with E-state index < -0.39 is 7.14 Å². The highest BCUT2D eigenvalue weighted by Crippen LogP contribution is 2.39. The Labute approximate surface area is 216 Å². The number of benzene rings is 2. The summed E-state index contributed by atoms with van der Waals surface area (Å²) in [5.74, 6) is 0.903. The molecular formula is C26H28ClN6O2P. The number of carbonyl (C=O) groups excluding carboxylic acids is 1. The Hall–Kier alpha value is -3.40. The Morgan fingerprint density at radius 3 is 2.53 bits per heavy atom. The third-order valence-electron chi connectivity index (χ3n) is 6.11. The SMILES string of the molecule is CCc1cc(Nc2ncc(Cl)c(Nc3ccccc3P(C)(C)=O)n2)c(C#N)cc1N1CCC(=O)CC1. The van der Waals surface area contributed by atoms with E-state index in [0.717, 1.165) is 17.7 Å². The van der Waals surface area contributed by atoms with Crippen LogP contribution in [0.25, 0.3) is 0 Å². The van der Waals surface area contributed by atoms with Crippen molar-refractivity contribution in [2.75, 3.05) is 42.0 Å². The van der Waals surface area contributed by atoms with Crippen molar-refractivity contribution < 1.29 is 9.36 Å². The third-order valence-corrected chi connectivity index (χ3v) is 7.94. The smallest absolute Gasteiger partial charge is 0.229 e. The Morgan fingerprint density at radius 1 is 1.14 bits per heavy atom. The first-order valence-electron chi connectivity index (χ1n) is 11.7. The lowest BCUT2D eigenvalue weighted by Gasteiger charge is -2.30. The minimum atomic E-state index is -2.54. The number of nitrogens with one attached hydrogen (secondary N) is 2. The van der Waals surface area contributed by atoms with E-state index in [-0.39, 0.29) is 11.7 Å². The Morgan fingerprint density at radius 2 is 1.86 bits per heavy atom. The van der Waals surface area contributed by atoms with Crippen molar-refractivity contribution in [3.63, 3.8) is 0 Å². The van der Waals surface area contributed by atoms with Gasteiger partial charge in [0.15, 0.2) is 5.82 Å². The van der Waals surface area contributed by atoms with Crippen molar-refractivity contribution in [1.29, 1.82) is 5.26 Å². The molecule has 1 aromatic heterocycles. The van der Waals surface area contributed by atoms with Crippen LogP contribution in [0.15, 0.2) is 42.6 Å². The molecule has 10 heteroatoms. The molecule has 0 bridgehead atoms. The number of aromatic nitrogens is 2. The molecule has 1 aliphatic heterocycles. The Kier molecular flexibility index (Phi) is 7.63. The first kappa shape index (κ1) is 25.7. The summed E-state index contributed by atoms with van der Waals surface area (Å²) in [6.07, 6.45) is 3.28. The van der Waals surface area contributed by atoms with Gasteiger partial charge < -0.3 is 20.1 Å². The number of nitriles is 1. The third kappa shape index (κ3) is 5.70. The molecule has 8 nitrogen and oxygen atoms in total. The molecule has 2 aromatic carbocycles. The molecule has 2 heterocycles. The largest absolute Gasteiger partial charge is 0.370 e. The van der Waals surface area contributed by atoms with Crippen molar-refractivity contribution in [2.24, 2.45) is 0 Å². The quantitative estimate of drug-likeness (QED) is 0.393. The van der Waals surface area contributed by atoms with E-state index in [2.05, 4.69) is 38.5 Å². The van der Waals surface area contributed by atoms with Gasteiger partial charge in [-0.05, 0) is 49.6 Å². The highest BCUT2D eigenvalue weighted by Gasteiger charge is 2.21. The fourth-order valence-electron chi connectivity index (χ4n) is 4.22. The zero-order chi connectivity index (χ0) is 25.9. The normalized spacial score (nSPS) is 13.9. The molecule has 0 amide bonds. The van der Waals surface area contributed by atoms with Gasteiger partial charge in [0.1, 0.15) is 24.0 Å². The Bertz CT molecular complexity index is 1390. The van der Waals surface area contributed by atoms with E-state index >= 15 is 0 Å². The van der Waals surface area contributed by atoms with Gasteiger partial charge in [0.05, 0.1) is 23.1 Å². The van der Waals surface area contributed by atoms with Gasteiger partial charge in [-0.25, -0.2) is 4.98 Å². The molecule has 0 unspecified atom stereocenters. The van der Waals surface area contributed by atoms with Crippen molar-refractivity contribution in [3.8, 4) is 6.07 Å². The van der Waals surface area contributed by atoms with Crippen molar-refractivity contribution in [3.05, 3.63) is 58.7 Å². The summed E-state index contributed by atoms with van der Waals surface area (Å²) in [7, 11) is -2.54. The average molecular weight is 523 g/mol. The molecule has 1 fully saturated rings. The fourth-order valence-corrected chi connectivity index (χ4v) is 5.51. The van der Waals surface area contributed by atoms with Gasteiger partial charge in [0, 0.05) is 36.9 Å². The van der Waals surface area contributed by atoms with Gasteiger partial charge in [0.25, 0.3) is 0 Å². The first-order valence-corrected chi connectivity index (χ1v) is 14.7. The monoisotopic (exact) mass is 522 g/mol. The second-order valence-corrected chi connectivity index (χ2v) is 12.6. The fraction of sp³-hybridized carbons (Fsp3) is 0.308. The van der Waals surface area contributed by atoms with E-state index in [1.54, 1.807) is 13.3 Å². The van der Waals surface area contributed by atoms with Gasteiger partial charge in [0.2, 0.25) is 5.95 Å². The molecule has 4 rings (SSSR count). The van der Waals surface area contributed by atoms with Crippen LogP contribution in [0, 0.1) is 11.3 Å². The van der Waals surface area contributed by atoms with Gasteiger partial charge >= 0.3 is 0 Å². The number of rotatable bonds is 7. The molecule has 186 valence electrons. The maximum atomic E-state index is 12.7. The zero-order valence-corrected chi connectivity index (χ0v) is 22.2. The highest BCUT2D eigenvalue weighted by atomic mass is 35.5. The van der Waals surface area contributed by atoms with Gasteiger partial charge in [-0.3, -0.25) is 4.79 Å². The first-order chi connectivity index (χ1) is 17.2. The van der Waals surface area contributed by atoms with E-state index in [1.807, 2.05) is 36.4 Å². The van der Waals surface area contributed by atoms with E-state index in [9.17, 15) is 14.6 Å². The maximum absolute atomic E-state index is 12.7. The van der Waals surface area contributed by atoms with E-state index in [1.165, 1.54) is 6.20 Å². The van der Waals surface area contributed by atoms with Gasteiger partial charge in [-0.1, -0.05) is 30.7 Å². The molecular weight excluding hydrogens is 495 g/mol. The number of aryl methyl sites for hydroxylation is 1. The lowest BCUT2D eigenvalue weighted by molar-refractivity contribution is -0.119. The lowest BCUT2D eigenvalue weighted by atomic mass is 10.0. The number of halogens is 1. The minimum absolute atomic E-state index is 0.269. The highest BCUT2D eigenvalue weighted by molar-refractivity contribution is 7.70. The summed E-state index contributed by atoms with van der Waals surface area (Å²) >= 11 is 6.37. The molecule has 1 aliphatic rings. The molecule has 0 atom stereocenters. The number of Topliss-reactive ketones (excluding diaryl/α,β-unsaturated/α-hetero) is 1. The van der Waals surface area contributed by atoms with Crippen LogP contribution in [0.4, 0.5) is 28.8 Å². The van der Waals surface area contributed by atoms with Gasteiger partial charge in [-0.15, -0.1) is 0 Å². The molecule has 36 heavy (non-hydrogen) atoms. The van der Waals surface area contributed by atoms with Gasteiger partial charge in [-0.2, -0.15) is 10.2 Å². The maximum Gasteiger partial charge on any atom is 0.229 e. The molecule has 3 aromatic rings. The van der Waals surface area contributed by atoms with E-state index in [4.69, 9.17) is 11.6 Å². The molecule has 2 N–H and O–H groups in total. The number of piperidine rings is 1. The number of hydrogen-bond acceptors (Lipinski definition) is 8. The van der Waals surface area contributed by atoms with Crippen molar-refractivity contribution >= 4 is 58.7 Å². The average Bonchev–Trinajstić information content (AvgIpc) is 2.86. The van der Waals surface area contributed by atoms with Crippen LogP contribution in [-0.4, -0.2) is 42.2 Å². The molecule has 0 saturated carbocycles. The number of ketones is 1. The molecule has 0 radical (unpaired) electrons. The standard InChI is InChI=1S/C26H28ClN6O2P/c1-4-17-13-22(18(15-28)14-23(17)33-11-9-19(34)10-12-33)31-26-29-16-20(27)25(32-26)30-21-7-5-6-8-24(21)36(2,3)35/h5-8,13-14,16H,4,9-12H2,1-3H3,(H2,29,30,31,32). The molecule has 0 aliphatic carbocycles. The summed E-state index contributed by atoms with van der Waals surface area (Å²) in [6.45, 7) is 6.79. The predicted octanol–water partition coefficient (Wildman–Crippen LogP) is 5.47. The number of carbonyl (C=O) groups is 1. The van der Waals surface area contributed by atoms with Crippen LogP contribution < -0.4 is 20.8 Å². The summed E-state index contributed by atoms with van der Waals surface area (Å²) in [6, 6.07) is 13.4. The van der Waals surface area contributed by atoms with Crippen LogP contribution in [-0.2, 0) is 15.8 Å². The summed E-state index contributed by atoms with van der Waals surface area (Å²) < 4.78 is 12.7. The zero-order valence-electron chi connectivity index (χ0n) is 20.5. The van der Waals surface area contributed by atoms with Crippen molar-refractivity contribution in [2.45, 2.75) is 26.2 Å². The lowest BCUT2D eigenvalue weighted by Crippen LogP contribution is -2.34. The van der Waals surface area contributed by atoms with Crippen molar-refractivity contribution in [1.82, 2.24) is 9.97 Å². The van der Waals surface area contributed by atoms with Crippen LogP contribution >= 0.6 is 18.7 Å². The second-order valence-electron chi connectivity index (χ2n) is 9.03. The topological polar surface area (TPSA) is 111 Å². The second kappa shape index (κ2) is 10.7. The summed E-state index contributed by atoms with van der Waals surface area (Å²) in [5, 5.41) is 17.2. The summed E-state index contributed by atoms with van der Waals surface area (Å²) in [5.41, 5.74) is 3.75. The van der Waals surface area contributed by atoms with Crippen LogP contribution in [0.3, 0.4) is 0 Å². The number of nitrogens with zero attached hydrogens (tertiary/aromatic N) is 4. The predicted molar refractivity (Wildman–Crippen MR) is 146 cm³/mol. The van der Waals surface area contributed by atoms with E-state index in [0.29, 0.717) is 59.0 Å². The number of hydrogen-bond donors (Lipinski definition) is 2. The van der Waals surface area contributed by atoms with Crippen LogP contribution in [0.1, 0.15) is 30.9 Å². The van der Waals surface area contributed by atoms with Crippen LogP contribution in [0.5, 0.6) is 0 Å². The molecule has 1 saturated heterocycles. The number of para-hydroxylation sites is 1. The number of anilines is 5. The minimum Gasteiger partial charge on any atom is -0.370 e. The Balaban J connectivity index is 1.64. The summed E-state index contributed by atoms with van der Waals surface area (Å²) in [4.78, 5) is 22.7.